The molecule has 0 amide bonds. The molecule has 7 heteroatoms. The second-order valence-corrected chi connectivity index (χ2v) is 6.97. The van der Waals surface area contributed by atoms with Gasteiger partial charge in [0, 0.05) is 11.8 Å². The highest BCUT2D eigenvalue weighted by Gasteiger charge is 2.17. The van der Waals surface area contributed by atoms with Crippen LogP contribution in [0.3, 0.4) is 0 Å². The zero-order valence-electron chi connectivity index (χ0n) is 14.4. The normalized spacial score (nSPS) is 11.1. The summed E-state index contributed by atoms with van der Waals surface area (Å²) in [7, 11) is 0. The molecule has 0 N–H and O–H groups in total. The first-order valence-electron chi connectivity index (χ1n) is 8.38. The Labute approximate surface area is 162 Å². The van der Waals surface area contributed by atoms with Crippen molar-refractivity contribution in [2.45, 2.75) is 10.9 Å². The fraction of sp³-hybridized carbons (Fsp3) is 0.0476. The number of hydrogen-bond donors (Lipinski definition) is 0. The predicted octanol–water partition coefficient (Wildman–Crippen LogP) is 5.10. The highest BCUT2D eigenvalue weighted by molar-refractivity contribution is 7.98. The Kier molecular flexibility index (Phi) is 4.92. The first kappa shape index (κ1) is 18.3. The average molecular weight is 398 g/mol. The summed E-state index contributed by atoms with van der Waals surface area (Å²) in [6, 6.07) is 15.9. The molecule has 0 atom stereocenters. The zero-order chi connectivity index (χ0) is 19.7. The van der Waals surface area contributed by atoms with Gasteiger partial charge >= 0.3 is 0 Å². The van der Waals surface area contributed by atoms with E-state index in [2.05, 4.69) is 4.98 Å². The van der Waals surface area contributed by atoms with E-state index in [0.29, 0.717) is 22.5 Å². The van der Waals surface area contributed by atoms with Crippen LogP contribution in [-0.2, 0) is 5.75 Å². The highest BCUT2D eigenvalue weighted by atomic mass is 32.2. The maximum Gasteiger partial charge on any atom is 0.266 e. The van der Waals surface area contributed by atoms with Crippen molar-refractivity contribution in [1.82, 2.24) is 9.55 Å². The number of rotatable bonds is 4. The molecule has 3 nitrogen and oxygen atoms in total. The molecule has 0 unspecified atom stereocenters. The molecule has 0 aliphatic carbocycles. The Morgan fingerprint density at radius 1 is 0.893 bits per heavy atom. The second-order valence-electron chi connectivity index (χ2n) is 6.03. The van der Waals surface area contributed by atoms with Crippen LogP contribution in [0.25, 0.3) is 16.6 Å². The van der Waals surface area contributed by atoms with Crippen molar-refractivity contribution < 1.29 is 13.2 Å². The fourth-order valence-corrected chi connectivity index (χ4v) is 3.83. The molecule has 0 spiro atoms. The van der Waals surface area contributed by atoms with Crippen molar-refractivity contribution in [1.29, 1.82) is 0 Å². The summed E-state index contributed by atoms with van der Waals surface area (Å²) in [5.41, 5.74) is 0.288. The van der Waals surface area contributed by atoms with Crippen LogP contribution in [-0.4, -0.2) is 9.55 Å². The van der Waals surface area contributed by atoms with Crippen molar-refractivity contribution in [3.05, 3.63) is 100 Å². The van der Waals surface area contributed by atoms with E-state index < -0.39 is 17.2 Å². The summed E-state index contributed by atoms with van der Waals surface area (Å²) in [4.78, 5) is 17.5. The molecule has 1 aromatic heterocycles. The Balaban J connectivity index is 1.88. The van der Waals surface area contributed by atoms with Gasteiger partial charge in [0.25, 0.3) is 5.56 Å². The number of halogens is 3. The van der Waals surface area contributed by atoms with Crippen molar-refractivity contribution >= 4 is 22.7 Å². The molecule has 140 valence electrons. The van der Waals surface area contributed by atoms with Gasteiger partial charge in [-0.25, -0.2) is 18.2 Å². The van der Waals surface area contributed by atoms with Crippen LogP contribution in [0.4, 0.5) is 13.2 Å². The van der Waals surface area contributed by atoms with Crippen LogP contribution in [0.5, 0.6) is 0 Å². The predicted molar refractivity (Wildman–Crippen MR) is 103 cm³/mol. The number of hydrogen-bond acceptors (Lipinski definition) is 3. The molecule has 0 bridgehead atoms. The molecule has 0 saturated carbocycles. The monoisotopic (exact) mass is 398 g/mol. The van der Waals surface area contributed by atoms with Crippen LogP contribution in [0, 0.1) is 17.5 Å². The summed E-state index contributed by atoms with van der Waals surface area (Å²) >= 11 is 1.10. The topological polar surface area (TPSA) is 34.9 Å². The molecule has 0 aliphatic heterocycles. The minimum Gasteiger partial charge on any atom is -0.268 e. The van der Waals surface area contributed by atoms with E-state index in [9.17, 15) is 18.0 Å². The summed E-state index contributed by atoms with van der Waals surface area (Å²) in [5.74, 6) is -1.81. The fourth-order valence-electron chi connectivity index (χ4n) is 2.84. The van der Waals surface area contributed by atoms with Crippen molar-refractivity contribution in [3.8, 4) is 5.69 Å². The third-order valence-electron chi connectivity index (χ3n) is 4.21. The van der Waals surface area contributed by atoms with Gasteiger partial charge in [-0.05, 0) is 35.9 Å². The Morgan fingerprint density at radius 3 is 2.43 bits per heavy atom. The van der Waals surface area contributed by atoms with Gasteiger partial charge < -0.3 is 0 Å². The number of fused-ring (bicyclic) bond motifs is 1. The summed E-state index contributed by atoms with van der Waals surface area (Å²) in [6.45, 7) is 0. The second kappa shape index (κ2) is 7.52. The Hall–Kier alpha value is -3.06. The maximum absolute atomic E-state index is 14.4. The average Bonchev–Trinajstić information content (AvgIpc) is 2.68. The molecule has 28 heavy (non-hydrogen) atoms. The lowest BCUT2D eigenvalue weighted by Gasteiger charge is -2.14. The van der Waals surface area contributed by atoms with Gasteiger partial charge in [0.05, 0.1) is 16.6 Å². The van der Waals surface area contributed by atoms with Crippen LogP contribution in [0.15, 0.2) is 76.7 Å². The Bertz CT molecular complexity index is 1240. The van der Waals surface area contributed by atoms with E-state index in [0.717, 1.165) is 22.4 Å². The number of benzene rings is 3. The third kappa shape index (κ3) is 3.41. The minimum atomic E-state index is -0.882. The number of para-hydroxylation sites is 1. The van der Waals surface area contributed by atoms with Gasteiger partial charge in [-0.15, -0.1) is 0 Å². The van der Waals surface area contributed by atoms with Crippen molar-refractivity contribution in [3.63, 3.8) is 0 Å². The molecule has 0 saturated heterocycles. The van der Waals surface area contributed by atoms with Crippen molar-refractivity contribution in [2.75, 3.05) is 0 Å². The maximum atomic E-state index is 14.4. The third-order valence-corrected chi connectivity index (χ3v) is 5.20. The first-order chi connectivity index (χ1) is 13.5. The quantitative estimate of drug-likeness (QED) is 0.355. The summed E-state index contributed by atoms with van der Waals surface area (Å²) in [6.07, 6.45) is 0. The molecule has 0 radical (unpaired) electrons. The van der Waals surface area contributed by atoms with Crippen LogP contribution in [0.1, 0.15) is 5.56 Å². The lowest BCUT2D eigenvalue weighted by Crippen LogP contribution is -2.22. The SMILES string of the molecule is O=c1c2ccccc2nc(SCc2ccccc2F)n1-c1ccc(F)cc1F. The van der Waals surface area contributed by atoms with Gasteiger partial charge in [0.1, 0.15) is 17.5 Å². The van der Waals surface area contributed by atoms with Gasteiger partial charge in [0.15, 0.2) is 5.16 Å². The van der Waals surface area contributed by atoms with E-state index in [1.54, 1.807) is 42.5 Å². The van der Waals surface area contributed by atoms with E-state index in [4.69, 9.17) is 0 Å². The Morgan fingerprint density at radius 2 is 1.64 bits per heavy atom. The van der Waals surface area contributed by atoms with E-state index in [1.165, 1.54) is 12.1 Å². The lowest BCUT2D eigenvalue weighted by atomic mass is 10.2. The number of thioether (sulfide) groups is 1. The van der Waals surface area contributed by atoms with Crippen LogP contribution in [0.2, 0.25) is 0 Å². The largest absolute Gasteiger partial charge is 0.268 e. The number of nitrogens with zero attached hydrogens (tertiary/aromatic N) is 2. The van der Waals surface area contributed by atoms with Gasteiger partial charge in [-0.2, -0.15) is 0 Å². The smallest absolute Gasteiger partial charge is 0.266 e. The zero-order valence-corrected chi connectivity index (χ0v) is 15.2. The van der Waals surface area contributed by atoms with E-state index in [-0.39, 0.29) is 22.4 Å². The molecule has 0 fully saturated rings. The lowest BCUT2D eigenvalue weighted by molar-refractivity contribution is 0.572. The highest BCUT2D eigenvalue weighted by Crippen LogP contribution is 2.26. The van der Waals surface area contributed by atoms with Crippen molar-refractivity contribution in [2.24, 2.45) is 0 Å². The molecule has 4 aromatic rings. The minimum absolute atomic E-state index is 0.110. The summed E-state index contributed by atoms with van der Waals surface area (Å²) < 4.78 is 42.8. The molecule has 4 rings (SSSR count). The van der Waals surface area contributed by atoms with Gasteiger partial charge in [-0.1, -0.05) is 42.1 Å². The van der Waals surface area contributed by atoms with E-state index >= 15 is 0 Å². The molecule has 0 aliphatic rings. The van der Waals surface area contributed by atoms with Crippen LogP contribution < -0.4 is 5.56 Å². The molecular weight excluding hydrogens is 385 g/mol. The van der Waals surface area contributed by atoms with Crippen LogP contribution >= 0.6 is 11.8 Å². The van der Waals surface area contributed by atoms with Gasteiger partial charge in [-0.3, -0.25) is 9.36 Å². The molecular formula is C21H13F3N2OS. The van der Waals surface area contributed by atoms with Gasteiger partial charge in [0.2, 0.25) is 0 Å². The standard InChI is InChI=1S/C21H13F3N2OS/c22-14-9-10-19(17(24)11-14)26-20(27)15-6-2-4-8-18(15)25-21(26)28-12-13-5-1-3-7-16(13)23/h1-11H,12H2. The first-order valence-corrected chi connectivity index (χ1v) is 9.36. The number of aromatic nitrogens is 2. The van der Waals surface area contributed by atoms with E-state index in [1.807, 2.05) is 0 Å². The summed E-state index contributed by atoms with van der Waals surface area (Å²) in [5, 5.41) is 0.499. The molecule has 3 aromatic carbocycles. The molecule has 1 heterocycles.